The van der Waals surface area contributed by atoms with Gasteiger partial charge in [-0.3, -0.25) is 14.6 Å². The maximum absolute atomic E-state index is 11.7. The van der Waals surface area contributed by atoms with E-state index < -0.39 is 17.9 Å². The van der Waals surface area contributed by atoms with Crippen molar-refractivity contribution in [2.45, 2.75) is 6.92 Å². The molecule has 116 valence electrons. The van der Waals surface area contributed by atoms with Crippen molar-refractivity contribution in [2.75, 3.05) is 48.1 Å². The van der Waals surface area contributed by atoms with E-state index in [1.54, 1.807) is 14.1 Å². The Morgan fingerprint density at radius 2 is 1.65 bits per heavy atom. The third-order valence-electron chi connectivity index (χ3n) is 2.10. The van der Waals surface area contributed by atoms with Gasteiger partial charge in [-0.2, -0.15) is 0 Å². The lowest BCUT2D eigenvalue weighted by molar-refractivity contribution is -0.155. The molecule has 0 aliphatic carbocycles. The van der Waals surface area contributed by atoms with E-state index in [-0.39, 0.29) is 12.5 Å². The summed E-state index contributed by atoms with van der Waals surface area (Å²) in [4.78, 5) is 23.4. The first-order valence-corrected chi connectivity index (χ1v) is 6.09. The summed E-state index contributed by atoms with van der Waals surface area (Å²) in [6, 6.07) is 0. The van der Waals surface area contributed by atoms with Gasteiger partial charge in [0, 0.05) is 20.7 Å². The average molecular weight is 290 g/mol. The van der Waals surface area contributed by atoms with Gasteiger partial charge in [0.1, 0.15) is 6.61 Å². The van der Waals surface area contributed by atoms with Crippen LogP contribution in [0.5, 0.6) is 0 Å². The minimum absolute atomic E-state index is 0.0894. The molecular formula is C12H22N2O6. The maximum Gasteiger partial charge on any atom is 0.329 e. The fraction of sp³-hybridized carbons (Fsp3) is 0.750. The van der Waals surface area contributed by atoms with Crippen LogP contribution >= 0.6 is 0 Å². The standard InChI is InChI=1S/C12H22N2O6/c1-6-19-7-8-20-10(13-14(2)3)9(11(15)17-4)12(16)18-5/h9H,6-8H2,1-5H3/b13-10-. The number of carbonyl (C=O) groups is 2. The van der Waals surface area contributed by atoms with Crippen LogP contribution in [0.25, 0.3) is 0 Å². The Balaban J connectivity index is 5.02. The second-order valence-corrected chi connectivity index (χ2v) is 3.81. The smallest absolute Gasteiger partial charge is 0.329 e. The van der Waals surface area contributed by atoms with Gasteiger partial charge in [0.05, 0.1) is 20.8 Å². The van der Waals surface area contributed by atoms with Crippen LogP contribution in [0.1, 0.15) is 6.92 Å². The highest BCUT2D eigenvalue weighted by Crippen LogP contribution is 2.08. The highest BCUT2D eigenvalue weighted by Gasteiger charge is 2.36. The predicted molar refractivity (Wildman–Crippen MR) is 71.1 cm³/mol. The Kier molecular flexibility index (Phi) is 9.10. The zero-order valence-electron chi connectivity index (χ0n) is 12.5. The zero-order valence-corrected chi connectivity index (χ0v) is 12.5. The molecule has 0 N–H and O–H groups in total. The van der Waals surface area contributed by atoms with Crippen LogP contribution in [0.4, 0.5) is 0 Å². The fourth-order valence-corrected chi connectivity index (χ4v) is 1.25. The summed E-state index contributed by atoms with van der Waals surface area (Å²) in [7, 11) is 5.62. The van der Waals surface area contributed by atoms with Gasteiger partial charge in [-0.05, 0) is 6.92 Å². The minimum Gasteiger partial charge on any atom is -0.476 e. The SMILES string of the molecule is CCOCCO/C(=N\N(C)C)C(C(=O)OC)C(=O)OC. The van der Waals surface area contributed by atoms with Gasteiger partial charge in [-0.25, -0.2) is 0 Å². The predicted octanol–water partition coefficient (Wildman–Crippen LogP) is -0.123. The van der Waals surface area contributed by atoms with Crippen molar-refractivity contribution < 1.29 is 28.5 Å². The maximum atomic E-state index is 11.7. The Labute approximate surface area is 118 Å². The van der Waals surface area contributed by atoms with Crippen molar-refractivity contribution in [3.63, 3.8) is 0 Å². The van der Waals surface area contributed by atoms with Crippen LogP contribution in [0.2, 0.25) is 0 Å². The molecule has 0 rings (SSSR count). The molecule has 0 aromatic carbocycles. The Hall–Kier alpha value is -1.83. The van der Waals surface area contributed by atoms with Gasteiger partial charge in [0.2, 0.25) is 11.8 Å². The second-order valence-electron chi connectivity index (χ2n) is 3.81. The largest absolute Gasteiger partial charge is 0.476 e. The van der Waals surface area contributed by atoms with E-state index in [1.165, 1.54) is 19.2 Å². The molecule has 0 heterocycles. The monoisotopic (exact) mass is 290 g/mol. The van der Waals surface area contributed by atoms with Gasteiger partial charge in [-0.15, -0.1) is 5.10 Å². The molecule has 0 radical (unpaired) electrons. The number of ether oxygens (including phenoxy) is 4. The van der Waals surface area contributed by atoms with Crippen molar-refractivity contribution in [1.29, 1.82) is 0 Å². The number of hydrogen-bond donors (Lipinski definition) is 0. The number of methoxy groups -OCH3 is 2. The fourth-order valence-electron chi connectivity index (χ4n) is 1.25. The van der Waals surface area contributed by atoms with E-state index in [4.69, 9.17) is 9.47 Å². The summed E-state index contributed by atoms with van der Waals surface area (Å²) in [6.07, 6.45) is 0. The Morgan fingerprint density at radius 1 is 1.10 bits per heavy atom. The molecule has 0 atom stereocenters. The molecule has 0 saturated carbocycles. The normalized spacial score (nSPS) is 11.2. The van der Waals surface area contributed by atoms with Crippen molar-refractivity contribution in [2.24, 2.45) is 11.0 Å². The minimum atomic E-state index is -1.35. The van der Waals surface area contributed by atoms with E-state index in [0.29, 0.717) is 13.2 Å². The molecule has 0 saturated heterocycles. The second kappa shape index (κ2) is 10.0. The number of nitrogens with zero attached hydrogens (tertiary/aromatic N) is 2. The van der Waals surface area contributed by atoms with Gasteiger partial charge in [-0.1, -0.05) is 0 Å². The highest BCUT2D eigenvalue weighted by molar-refractivity contribution is 6.14. The van der Waals surface area contributed by atoms with Crippen molar-refractivity contribution in [1.82, 2.24) is 5.01 Å². The molecule has 0 amide bonds. The van der Waals surface area contributed by atoms with Gasteiger partial charge in [0.15, 0.2) is 0 Å². The summed E-state index contributed by atoms with van der Waals surface area (Å²) in [6.45, 7) is 2.87. The summed E-state index contributed by atoms with van der Waals surface area (Å²) in [5, 5.41) is 5.40. The van der Waals surface area contributed by atoms with Gasteiger partial charge in [0.25, 0.3) is 0 Å². The molecule has 8 heteroatoms. The first-order chi connectivity index (χ1) is 9.47. The first kappa shape index (κ1) is 18.2. The summed E-state index contributed by atoms with van der Waals surface area (Å²) in [5.41, 5.74) is 0. The Bertz CT molecular complexity index is 327. The van der Waals surface area contributed by atoms with Crippen LogP contribution in [0.15, 0.2) is 5.10 Å². The van der Waals surface area contributed by atoms with Crippen LogP contribution in [0, 0.1) is 5.92 Å². The number of carbonyl (C=O) groups excluding carboxylic acids is 2. The molecule has 0 unspecified atom stereocenters. The van der Waals surface area contributed by atoms with Crippen LogP contribution in [0.3, 0.4) is 0 Å². The quantitative estimate of drug-likeness (QED) is 0.154. The number of esters is 2. The van der Waals surface area contributed by atoms with Crippen molar-refractivity contribution in [3.8, 4) is 0 Å². The highest BCUT2D eigenvalue weighted by atomic mass is 16.6. The van der Waals surface area contributed by atoms with E-state index >= 15 is 0 Å². The molecule has 0 spiro atoms. The molecule has 20 heavy (non-hydrogen) atoms. The van der Waals surface area contributed by atoms with E-state index in [0.717, 1.165) is 0 Å². The molecule has 0 aromatic rings. The summed E-state index contributed by atoms with van der Waals surface area (Å²) in [5.74, 6) is -3.04. The van der Waals surface area contributed by atoms with Crippen molar-refractivity contribution >= 4 is 17.8 Å². The number of hydrazone groups is 1. The first-order valence-electron chi connectivity index (χ1n) is 6.09. The molecule has 0 aliphatic rings. The molecule has 0 aromatic heterocycles. The molecule has 8 nitrogen and oxygen atoms in total. The Morgan fingerprint density at radius 3 is 2.05 bits per heavy atom. The zero-order chi connectivity index (χ0) is 15.5. The summed E-state index contributed by atoms with van der Waals surface area (Å²) >= 11 is 0. The van der Waals surface area contributed by atoms with E-state index in [2.05, 4.69) is 14.6 Å². The third kappa shape index (κ3) is 6.37. The van der Waals surface area contributed by atoms with Gasteiger partial charge >= 0.3 is 11.9 Å². The van der Waals surface area contributed by atoms with Crippen LogP contribution in [-0.4, -0.2) is 71.0 Å². The lowest BCUT2D eigenvalue weighted by Gasteiger charge is -2.17. The van der Waals surface area contributed by atoms with E-state index in [9.17, 15) is 9.59 Å². The molecule has 0 bridgehead atoms. The third-order valence-corrected chi connectivity index (χ3v) is 2.10. The molecule has 0 aliphatic heterocycles. The lowest BCUT2D eigenvalue weighted by atomic mass is 10.1. The topological polar surface area (TPSA) is 86.7 Å². The molecule has 0 fully saturated rings. The molecular weight excluding hydrogens is 268 g/mol. The van der Waals surface area contributed by atoms with Gasteiger partial charge < -0.3 is 18.9 Å². The average Bonchev–Trinajstić information content (AvgIpc) is 2.42. The van der Waals surface area contributed by atoms with E-state index in [1.807, 2.05) is 6.92 Å². The number of hydrogen-bond acceptors (Lipinski definition) is 8. The lowest BCUT2D eigenvalue weighted by Crippen LogP contribution is -2.37. The van der Waals surface area contributed by atoms with Crippen LogP contribution in [-0.2, 0) is 28.5 Å². The number of rotatable bonds is 8. The van der Waals surface area contributed by atoms with Crippen LogP contribution < -0.4 is 0 Å². The van der Waals surface area contributed by atoms with Crippen molar-refractivity contribution in [3.05, 3.63) is 0 Å². The summed E-state index contributed by atoms with van der Waals surface area (Å²) < 4.78 is 19.6.